The summed E-state index contributed by atoms with van der Waals surface area (Å²) < 4.78 is 11.8. The zero-order chi connectivity index (χ0) is 20.1. The molecule has 0 atom stereocenters. The van der Waals surface area contributed by atoms with Gasteiger partial charge in [0.15, 0.2) is 11.2 Å². The minimum absolute atomic E-state index is 0.108. The first-order valence-corrected chi connectivity index (χ1v) is 9.61. The predicted octanol–water partition coefficient (Wildman–Crippen LogP) is 5.37. The zero-order valence-electron chi connectivity index (χ0n) is 16.2. The lowest BCUT2D eigenvalue weighted by Gasteiger charge is -2.35. The molecule has 0 aliphatic heterocycles. The van der Waals surface area contributed by atoms with Crippen molar-refractivity contribution in [1.82, 2.24) is 0 Å². The Labute approximate surface area is 162 Å². The average Bonchev–Trinajstić information content (AvgIpc) is 3.13. The third kappa shape index (κ3) is 2.32. The van der Waals surface area contributed by atoms with Crippen molar-refractivity contribution in [1.29, 1.82) is 0 Å². The maximum absolute atomic E-state index is 13.2. The molecule has 0 fully saturated rings. The molecular weight excluding hydrogens is 356 g/mol. The van der Waals surface area contributed by atoms with Crippen LogP contribution < -0.4 is 5.43 Å². The Morgan fingerprint density at radius 3 is 2.46 bits per heavy atom. The molecule has 2 heterocycles. The van der Waals surface area contributed by atoms with Gasteiger partial charge in [0.25, 0.3) is 0 Å². The molecule has 0 unspecified atom stereocenters. The van der Waals surface area contributed by atoms with E-state index in [1.165, 1.54) is 6.07 Å². The topological polar surface area (TPSA) is 80.7 Å². The molecule has 0 spiro atoms. The fourth-order valence-electron chi connectivity index (χ4n) is 4.23. The van der Waals surface area contributed by atoms with Gasteiger partial charge >= 0.3 is 0 Å². The first kappa shape index (κ1) is 18.3. The highest BCUT2D eigenvalue weighted by atomic mass is 16.4. The number of allylic oxidation sites excluding steroid dienone is 1. The summed E-state index contributed by atoms with van der Waals surface area (Å²) in [6.07, 6.45) is 2.86. The van der Waals surface area contributed by atoms with Crippen molar-refractivity contribution >= 4 is 22.5 Å². The maximum Gasteiger partial charge on any atom is 0.196 e. The Morgan fingerprint density at radius 1 is 1.07 bits per heavy atom. The van der Waals surface area contributed by atoms with Gasteiger partial charge in [-0.3, -0.25) is 9.59 Å². The van der Waals surface area contributed by atoms with Gasteiger partial charge in [-0.25, -0.2) is 0 Å². The third-order valence-electron chi connectivity index (χ3n) is 5.92. The number of furan rings is 1. The molecule has 0 saturated heterocycles. The molecule has 0 saturated carbocycles. The number of aliphatic hydroxyl groups excluding tert-OH is 1. The molecule has 5 heteroatoms. The average molecular weight is 378 g/mol. The summed E-state index contributed by atoms with van der Waals surface area (Å²) in [5.74, 6) is 0.172. The van der Waals surface area contributed by atoms with Crippen LogP contribution >= 0.6 is 0 Å². The molecule has 3 aromatic rings. The molecule has 4 rings (SSSR count). The molecule has 5 nitrogen and oxygen atoms in total. The predicted molar refractivity (Wildman–Crippen MR) is 107 cm³/mol. The lowest BCUT2D eigenvalue weighted by molar-refractivity contribution is -0.122. The largest absolute Gasteiger partial charge is 0.507 e. The van der Waals surface area contributed by atoms with Crippen LogP contribution in [0.25, 0.3) is 28.1 Å². The van der Waals surface area contributed by atoms with Crippen LogP contribution in [0.1, 0.15) is 51.4 Å². The van der Waals surface area contributed by atoms with Gasteiger partial charge in [0, 0.05) is 17.0 Å². The molecule has 0 radical (unpaired) electrons. The summed E-state index contributed by atoms with van der Waals surface area (Å²) in [6.45, 7) is 5.61. The van der Waals surface area contributed by atoms with Crippen molar-refractivity contribution in [3.8, 4) is 11.3 Å². The fraction of sp³-hybridized carbons (Fsp3) is 0.304. The summed E-state index contributed by atoms with van der Waals surface area (Å²) in [5, 5.41) is 11.5. The van der Waals surface area contributed by atoms with Gasteiger partial charge in [-0.15, -0.1) is 0 Å². The zero-order valence-corrected chi connectivity index (χ0v) is 16.2. The summed E-state index contributed by atoms with van der Waals surface area (Å²) in [7, 11) is 0. The van der Waals surface area contributed by atoms with Crippen LogP contribution in [0.2, 0.25) is 0 Å². The molecule has 1 aliphatic rings. The molecule has 1 aromatic carbocycles. The molecule has 28 heavy (non-hydrogen) atoms. The fourth-order valence-corrected chi connectivity index (χ4v) is 4.23. The van der Waals surface area contributed by atoms with Crippen LogP contribution in [-0.4, -0.2) is 10.9 Å². The molecule has 1 N–H and O–H groups in total. The molecule has 2 aromatic heterocycles. The monoisotopic (exact) mass is 378 g/mol. The molecule has 0 bridgehead atoms. The first-order valence-electron chi connectivity index (χ1n) is 9.61. The Morgan fingerprint density at radius 2 is 1.79 bits per heavy atom. The molecule has 144 valence electrons. The number of ketones is 1. The normalized spacial score (nSPS) is 15.9. The van der Waals surface area contributed by atoms with Gasteiger partial charge in [0.2, 0.25) is 0 Å². The van der Waals surface area contributed by atoms with Crippen LogP contribution in [0.3, 0.4) is 0 Å². The Kier molecular flexibility index (Phi) is 4.26. The van der Waals surface area contributed by atoms with Crippen molar-refractivity contribution in [2.75, 3.05) is 0 Å². The molecule has 0 amide bonds. The van der Waals surface area contributed by atoms with Crippen LogP contribution in [0, 0.1) is 0 Å². The Bertz CT molecular complexity index is 1170. The molecular formula is C23H22O5. The Balaban J connectivity index is 2.06. The van der Waals surface area contributed by atoms with Crippen molar-refractivity contribution < 1.29 is 18.7 Å². The van der Waals surface area contributed by atoms with Crippen molar-refractivity contribution in [3.63, 3.8) is 0 Å². The number of hydrogen-bond donors (Lipinski definition) is 1. The maximum atomic E-state index is 13.2. The van der Waals surface area contributed by atoms with Gasteiger partial charge in [-0.2, -0.15) is 0 Å². The van der Waals surface area contributed by atoms with Crippen molar-refractivity contribution in [2.45, 2.75) is 45.4 Å². The van der Waals surface area contributed by atoms with Crippen molar-refractivity contribution in [2.24, 2.45) is 0 Å². The lowest BCUT2D eigenvalue weighted by atomic mass is 9.68. The number of aliphatic hydroxyl groups is 1. The SMILES string of the molecule is CCC1=C(O)c2c(oc(-c3coc4ccccc34)cc2=O)C(CC)(CC)C1=O. The standard InChI is InChI=1S/C23H22O5/c1-4-13-20(25)19-16(24)11-18(15-12-27-17-10-8-7-9-14(15)17)28-22(19)23(5-2,6-3)21(13)26/h7-12,25H,4-6H2,1-3H3. The summed E-state index contributed by atoms with van der Waals surface area (Å²) in [4.78, 5) is 26.3. The smallest absolute Gasteiger partial charge is 0.196 e. The number of carbonyl (C=O) groups excluding carboxylic acids is 1. The van der Waals surface area contributed by atoms with Gasteiger partial charge in [0.1, 0.15) is 34.7 Å². The third-order valence-corrected chi connectivity index (χ3v) is 5.92. The number of Topliss-reactive ketones (excluding diaryl/α,β-unsaturated/α-hetero) is 1. The molecule has 1 aliphatic carbocycles. The summed E-state index contributed by atoms with van der Waals surface area (Å²) >= 11 is 0. The number of fused-ring (bicyclic) bond motifs is 2. The second kappa shape index (κ2) is 6.51. The highest BCUT2D eigenvalue weighted by Crippen LogP contribution is 2.45. The van der Waals surface area contributed by atoms with E-state index in [2.05, 4.69) is 0 Å². The van der Waals surface area contributed by atoms with Crippen LogP contribution in [0.4, 0.5) is 0 Å². The van der Waals surface area contributed by atoms with E-state index in [0.717, 1.165) is 5.39 Å². The van der Waals surface area contributed by atoms with E-state index >= 15 is 0 Å². The number of benzene rings is 1. The quantitative estimate of drug-likeness (QED) is 0.660. The second-order valence-corrected chi connectivity index (χ2v) is 7.12. The van der Waals surface area contributed by atoms with E-state index in [1.807, 2.05) is 38.1 Å². The van der Waals surface area contributed by atoms with Gasteiger partial charge in [-0.05, 0) is 25.3 Å². The summed E-state index contributed by atoms with van der Waals surface area (Å²) in [5.41, 5.74) is 0.420. The van der Waals surface area contributed by atoms with E-state index in [4.69, 9.17) is 8.83 Å². The summed E-state index contributed by atoms with van der Waals surface area (Å²) in [6, 6.07) is 8.84. The number of hydrogen-bond acceptors (Lipinski definition) is 5. The first-order chi connectivity index (χ1) is 13.5. The number of carbonyl (C=O) groups is 1. The minimum atomic E-state index is -0.957. The van der Waals surface area contributed by atoms with Crippen LogP contribution in [0.15, 0.2) is 55.8 Å². The van der Waals surface area contributed by atoms with Gasteiger partial charge in [0.05, 0.1) is 11.0 Å². The number of rotatable bonds is 4. The van der Waals surface area contributed by atoms with E-state index < -0.39 is 5.41 Å². The second-order valence-electron chi connectivity index (χ2n) is 7.12. The van der Waals surface area contributed by atoms with E-state index in [9.17, 15) is 14.7 Å². The van der Waals surface area contributed by atoms with E-state index in [1.54, 1.807) is 13.2 Å². The van der Waals surface area contributed by atoms with Crippen molar-refractivity contribution in [3.05, 3.63) is 63.7 Å². The highest BCUT2D eigenvalue weighted by molar-refractivity contribution is 6.10. The number of para-hydroxylation sites is 1. The van der Waals surface area contributed by atoms with Gasteiger partial charge < -0.3 is 13.9 Å². The van der Waals surface area contributed by atoms with E-state index in [0.29, 0.717) is 41.7 Å². The Hall–Kier alpha value is -3.08. The highest BCUT2D eigenvalue weighted by Gasteiger charge is 2.48. The van der Waals surface area contributed by atoms with E-state index in [-0.39, 0.29) is 28.3 Å². The lowest BCUT2D eigenvalue weighted by Crippen LogP contribution is -2.41. The minimum Gasteiger partial charge on any atom is -0.507 e. The van der Waals surface area contributed by atoms with Crippen LogP contribution in [0.5, 0.6) is 0 Å². The van der Waals surface area contributed by atoms with Gasteiger partial charge in [-0.1, -0.05) is 39.0 Å². The van der Waals surface area contributed by atoms with Crippen LogP contribution in [-0.2, 0) is 10.2 Å².